The lowest BCUT2D eigenvalue weighted by Crippen LogP contribution is -2.14. The maximum atomic E-state index is 4.51. The molecule has 0 radical (unpaired) electrons. The second-order valence-electron chi connectivity index (χ2n) is 5.12. The van der Waals surface area contributed by atoms with Crippen LogP contribution in [-0.4, -0.2) is 31.3 Å². The highest BCUT2D eigenvalue weighted by Crippen LogP contribution is 2.16. The van der Waals surface area contributed by atoms with Gasteiger partial charge in [-0.25, -0.2) is 15.0 Å². The molecule has 0 unspecified atom stereocenters. The van der Waals surface area contributed by atoms with E-state index in [0.717, 1.165) is 47.0 Å². The fourth-order valence-electron chi connectivity index (χ4n) is 2.35. The van der Waals surface area contributed by atoms with Crippen molar-refractivity contribution < 1.29 is 0 Å². The lowest BCUT2D eigenvalue weighted by molar-refractivity contribution is 0.614. The van der Waals surface area contributed by atoms with Crippen molar-refractivity contribution in [3.8, 4) is 0 Å². The largest absolute Gasteiger partial charge is 0.366 e. The van der Waals surface area contributed by atoms with E-state index in [1.807, 2.05) is 30.7 Å². The Morgan fingerprint density at radius 3 is 2.71 bits per heavy atom. The Labute approximate surface area is 123 Å². The number of nitrogens with one attached hydrogen (secondary N) is 1. The molecule has 0 aliphatic rings. The van der Waals surface area contributed by atoms with Crippen LogP contribution in [0.25, 0.3) is 11.0 Å². The van der Waals surface area contributed by atoms with Crippen molar-refractivity contribution in [1.29, 1.82) is 0 Å². The molecule has 1 N–H and O–H groups in total. The molecule has 21 heavy (non-hydrogen) atoms. The van der Waals surface area contributed by atoms with Crippen LogP contribution in [0.3, 0.4) is 0 Å². The summed E-state index contributed by atoms with van der Waals surface area (Å²) >= 11 is 0. The van der Waals surface area contributed by atoms with Gasteiger partial charge in [0.2, 0.25) is 0 Å². The number of anilines is 1. The topological polar surface area (TPSA) is 68.5 Å². The third-order valence-electron chi connectivity index (χ3n) is 3.34. The molecule has 108 valence electrons. The van der Waals surface area contributed by atoms with Gasteiger partial charge in [-0.3, -0.25) is 4.68 Å². The van der Waals surface area contributed by atoms with E-state index >= 15 is 0 Å². The first kappa shape index (κ1) is 13.5. The van der Waals surface area contributed by atoms with Gasteiger partial charge in [0.1, 0.15) is 11.8 Å². The van der Waals surface area contributed by atoms with Gasteiger partial charge < -0.3 is 5.32 Å². The first-order chi connectivity index (χ1) is 10.1. The van der Waals surface area contributed by atoms with Crippen LogP contribution in [0.2, 0.25) is 0 Å². The molecule has 6 nitrogen and oxygen atoms in total. The van der Waals surface area contributed by atoms with Crippen molar-refractivity contribution >= 4 is 16.9 Å². The van der Waals surface area contributed by atoms with Crippen LogP contribution in [-0.2, 0) is 6.54 Å². The van der Waals surface area contributed by atoms with Gasteiger partial charge in [-0.05, 0) is 39.0 Å². The minimum Gasteiger partial charge on any atom is -0.366 e. The molecule has 0 atom stereocenters. The van der Waals surface area contributed by atoms with E-state index in [9.17, 15) is 0 Å². The van der Waals surface area contributed by atoms with Crippen molar-refractivity contribution in [2.24, 2.45) is 0 Å². The third-order valence-corrected chi connectivity index (χ3v) is 3.34. The Morgan fingerprint density at radius 1 is 1.10 bits per heavy atom. The van der Waals surface area contributed by atoms with Gasteiger partial charge in [0, 0.05) is 17.9 Å². The van der Waals surface area contributed by atoms with Gasteiger partial charge in [0.15, 0.2) is 5.82 Å². The number of rotatable bonds is 4. The summed E-state index contributed by atoms with van der Waals surface area (Å²) in [4.78, 5) is 13.0. The second kappa shape index (κ2) is 5.47. The lowest BCUT2D eigenvalue weighted by Gasteiger charge is -2.09. The quantitative estimate of drug-likeness (QED) is 0.795. The maximum Gasteiger partial charge on any atom is 0.156 e. The number of aryl methyl sites for hydroxylation is 3. The van der Waals surface area contributed by atoms with Crippen LogP contribution in [0.4, 0.5) is 5.82 Å². The fourth-order valence-corrected chi connectivity index (χ4v) is 2.35. The third kappa shape index (κ3) is 2.84. The smallest absolute Gasteiger partial charge is 0.156 e. The zero-order valence-corrected chi connectivity index (χ0v) is 12.5. The van der Waals surface area contributed by atoms with Crippen molar-refractivity contribution in [3.63, 3.8) is 0 Å². The number of aromatic nitrogens is 5. The summed E-state index contributed by atoms with van der Waals surface area (Å²) in [6.07, 6.45) is 1.56. The summed E-state index contributed by atoms with van der Waals surface area (Å²) in [6, 6.07) is 5.99. The molecule has 0 fully saturated rings. The molecule has 0 bridgehead atoms. The van der Waals surface area contributed by atoms with Crippen LogP contribution < -0.4 is 5.32 Å². The SMILES string of the molecule is Cc1ccc2ncnc(NCCn3nc(C)cc3C)c2n1. The first-order valence-electron chi connectivity index (χ1n) is 6.97. The van der Waals surface area contributed by atoms with Crippen molar-refractivity contribution in [1.82, 2.24) is 24.7 Å². The van der Waals surface area contributed by atoms with Gasteiger partial charge in [-0.15, -0.1) is 0 Å². The van der Waals surface area contributed by atoms with Gasteiger partial charge in [-0.1, -0.05) is 0 Å². The predicted molar refractivity (Wildman–Crippen MR) is 82.3 cm³/mol. The summed E-state index contributed by atoms with van der Waals surface area (Å²) < 4.78 is 1.99. The van der Waals surface area contributed by atoms with Crippen molar-refractivity contribution in [2.75, 3.05) is 11.9 Å². The summed E-state index contributed by atoms with van der Waals surface area (Å²) in [7, 11) is 0. The summed E-state index contributed by atoms with van der Waals surface area (Å²) in [5, 5.41) is 7.77. The van der Waals surface area contributed by atoms with Gasteiger partial charge in [0.05, 0.1) is 17.8 Å². The molecule has 3 aromatic heterocycles. The van der Waals surface area contributed by atoms with E-state index in [2.05, 4.69) is 38.4 Å². The van der Waals surface area contributed by atoms with Gasteiger partial charge in [0.25, 0.3) is 0 Å². The Kier molecular flexibility index (Phi) is 3.51. The van der Waals surface area contributed by atoms with E-state index in [0.29, 0.717) is 0 Å². The Balaban J connectivity index is 1.76. The molecule has 0 saturated carbocycles. The highest BCUT2D eigenvalue weighted by Gasteiger charge is 2.06. The number of hydrogen-bond acceptors (Lipinski definition) is 5. The maximum absolute atomic E-state index is 4.51. The molecular weight excluding hydrogens is 264 g/mol. The molecule has 0 aliphatic carbocycles. The van der Waals surface area contributed by atoms with Gasteiger partial charge in [-0.2, -0.15) is 5.10 Å². The van der Waals surface area contributed by atoms with Crippen molar-refractivity contribution in [2.45, 2.75) is 27.3 Å². The average Bonchev–Trinajstić information content (AvgIpc) is 2.77. The van der Waals surface area contributed by atoms with Gasteiger partial charge >= 0.3 is 0 Å². The zero-order chi connectivity index (χ0) is 14.8. The Hall–Kier alpha value is -2.50. The van der Waals surface area contributed by atoms with Crippen LogP contribution in [0.15, 0.2) is 24.5 Å². The number of hydrogen-bond donors (Lipinski definition) is 1. The summed E-state index contributed by atoms with van der Waals surface area (Å²) in [5.41, 5.74) is 4.82. The molecule has 3 heterocycles. The standard InChI is InChI=1S/C15H18N6/c1-10-4-5-13-14(19-10)15(18-9-17-13)16-6-7-21-12(3)8-11(2)20-21/h4-5,8-9H,6-7H2,1-3H3,(H,16,17,18). The highest BCUT2D eigenvalue weighted by molar-refractivity contribution is 5.84. The average molecular weight is 282 g/mol. The first-order valence-corrected chi connectivity index (χ1v) is 6.97. The minimum atomic E-state index is 0.740. The van der Waals surface area contributed by atoms with Crippen LogP contribution in [0, 0.1) is 20.8 Å². The number of fused-ring (bicyclic) bond motifs is 1. The Morgan fingerprint density at radius 2 is 1.95 bits per heavy atom. The normalized spacial score (nSPS) is 11.0. The molecule has 0 aromatic carbocycles. The second-order valence-corrected chi connectivity index (χ2v) is 5.12. The molecule has 3 aromatic rings. The number of nitrogens with zero attached hydrogens (tertiary/aromatic N) is 5. The molecule has 0 aliphatic heterocycles. The van der Waals surface area contributed by atoms with E-state index in [1.54, 1.807) is 6.33 Å². The molecule has 0 saturated heterocycles. The molecule has 0 spiro atoms. The molecule has 3 rings (SSSR count). The lowest BCUT2D eigenvalue weighted by atomic mass is 10.3. The summed E-state index contributed by atoms with van der Waals surface area (Å²) in [5.74, 6) is 0.769. The monoisotopic (exact) mass is 282 g/mol. The molecule has 0 amide bonds. The Bertz CT molecular complexity index is 777. The number of pyridine rings is 1. The molecular formula is C15H18N6. The zero-order valence-electron chi connectivity index (χ0n) is 12.5. The summed E-state index contributed by atoms with van der Waals surface area (Å²) in [6.45, 7) is 7.55. The van der Waals surface area contributed by atoms with Crippen LogP contribution in [0.1, 0.15) is 17.1 Å². The van der Waals surface area contributed by atoms with E-state index in [1.165, 1.54) is 0 Å². The van der Waals surface area contributed by atoms with E-state index < -0.39 is 0 Å². The predicted octanol–water partition coefficient (Wildman–Crippen LogP) is 2.26. The minimum absolute atomic E-state index is 0.740. The van der Waals surface area contributed by atoms with Crippen LogP contribution in [0.5, 0.6) is 0 Å². The molecule has 6 heteroatoms. The van der Waals surface area contributed by atoms with Crippen molar-refractivity contribution in [3.05, 3.63) is 41.6 Å². The fraction of sp³-hybridized carbons (Fsp3) is 0.333. The highest BCUT2D eigenvalue weighted by atomic mass is 15.3. The van der Waals surface area contributed by atoms with Crippen LogP contribution >= 0.6 is 0 Å². The van der Waals surface area contributed by atoms with E-state index in [4.69, 9.17) is 0 Å². The van der Waals surface area contributed by atoms with E-state index in [-0.39, 0.29) is 0 Å².